The molecule has 1 aliphatic rings. The smallest absolute Gasteiger partial charge is 0.273 e. The van der Waals surface area contributed by atoms with Crippen molar-refractivity contribution in [3.63, 3.8) is 0 Å². The molecule has 1 fully saturated rings. The van der Waals surface area contributed by atoms with E-state index >= 15 is 0 Å². The molecule has 0 radical (unpaired) electrons. The molecule has 0 aliphatic carbocycles. The zero-order valence-corrected chi connectivity index (χ0v) is 17.2. The first-order chi connectivity index (χ1) is 14.1. The minimum absolute atomic E-state index is 0.128. The average molecular weight is 433 g/mol. The summed E-state index contributed by atoms with van der Waals surface area (Å²) in [6, 6.07) is 8.03. The standard InChI is InChI=1S/C19H20N4O4S2/c24-19(21-13-14-5-3-8-20-12-14)15-11-17(27-22-15)16-6-1-2-9-23(16)29(25,26)18-7-4-10-28-18/h3-5,7-8,10-12,16H,1-2,6,9,13H2,(H,21,24). The maximum atomic E-state index is 13.0. The second-order valence-corrected chi connectivity index (χ2v) is 9.78. The lowest BCUT2D eigenvalue weighted by atomic mass is 10.0. The molecule has 1 N–H and O–H groups in total. The summed E-state index contributed by atoms with van der Waals surface area (Å²) in [5.74, 6) is 0.00341. The second kappa shape index (κ2) is 8.44. The zero-order chi connectivity index (χ0) is 20.3. The Morgan fingerprint density at radius 2 is 2.21 bits per heavy atom. The predicted octanol–water partition coefficient (Wildman–Crippen LogP) is 2.98. The number of pyridine rings is 1. The summed E-state index contributed by atoms with van der Waals surface area (Å²) in [6.07, 6.45) is 5.62. The minimum Gasteiger partial charge on any atom is -0.359 e. The Balaban J connectivity index is 1.50. The van der Waals surface area contributed by atoms with Crippen LogP contribution in [0.1, 0.15) is 47.1 Å². The fourth-order valence-electron chi connectivity index (χ4n) is 3.33. The van der Waals surface area contributed by atoms with Crippen LogP contribution in [0.3, 0.4) is 0 Å². The van der Waals surface area contributed by atoms with Gasteiger partial charge in [0.15, 0.2) is 11.5 Å². The first kappa shape index (κ1) is 19.7. The van der Waals surface area contributed by atoms with Gasteiger partial charge in [0.25, 0.3) is 15.9 Å². The SMILES string of the molecule is O=C(NCc1cccnc1)c1cc(C2CCCCN2S(=O)(=O)c2cccs2)on1. The molecule has 1 amide bonds. The number of amides is 1. The van der Waals surface area contributed by atoms with Gasteiger partial charge in [-0.3, -0.25) is 9.78 Å². The molecule has 4 rings (SSSR count). The Morgan fingerprint density at radius 1 is 1.31 bits per heavy atom. The lowest BCUT2D eigenvalue weighted by molar-refractivity contribution is 0.0941. The first-order valence-corrected chi connectivity index (χ1v) is 11.6. The van der Waals surface area contributed by atoms with E-state index in [1.165, 1.54) is 21.7 Å². The molecule has 1 saturated heterocycles. The molecule has 0 spiro atoms. The van der Waals surface area contributed by atoms with E-state index < -0.39 is 16.1 Å². The van der Waals surface area contributed by atoms with E-state index in [0.717, 1.165) is 18.4 Å². The molecule has 1 aliphatic heterocycles. The summed E-state index contributed by atoms with van der Waals surface area (Å²) in [5, 5.41) is 8.37. The Bertz CT molecular complexity index is 1060. The number of nitrogens with zero attached hydrogens (tertiary/aromatic N) is 3. The van der Waals surface area contributed by atoms with Crippen molar-refractivity contribution in [1.82, 2.24) is 19.8 Å². The van der Waals surface area contributed by atoms with E-state index in [9.17, 15) is 13.2 Å². The summed E-state index contributed by atoms with van der Waals surface area (Å²) < 4.78 is 33.2. The molecule has 1 atom stereocenters. The molecule has 0 aromatic carbocycles. The van der Waals surface area contributed by atoms with E-state index in [1.54, 1.807) is 36.0 Å². The molecular weight excluding hydrogens is 412 g/mol. The highest BCUT2D eigenvalue weighted by atomic mass is 32.2. The molecule has 152 valence electrons. The van der Waals surface area contributed by atoms with E-state index in [4.69, 9.17) is 4.52 Å². The van der Waals surface area contributed by atoms with E-state index in [-0.39, 0.29) is 11.6 Å². The molecule has 0 bridgehead atoms. The van der Waals surface area contributed by atoms with Gasteiger partial charge in [0.05, 0.1) is 6.04 Å². The summed E-state index contributed by atoms with van der Waals surface area (Å²) in [5.41, 5.74) is 0.994. The van der Waals surface area contributed by atoms with Crippen LogP contribution in [0.2, 0.25) is 0 Å². The maximum Gasteiger partial charge on any atom is 0.273 e. The predicted molar refractivity (Wildman–Crippen MR) is 107 cm³/mol. The Kier molecular flexibility index (Phi) is 5.74. The van der Waals surface area contributed by atoms with Crippen LogP contribution in [0.25, 0.3) is 0 Å². The number of sulfonamides is 1. The number of carbonyl (C=O) groups excluding carboxylic acids is 1. The Labute approximate surface area is 172 Å². The number of nitrogens with one attached hydrogen (secondary N) is 1. The third-order valence-electron chi connectivity index (χ3n) is 4.78. The van der Waals surface area contributed by atoms with Crippen LogP contribution < -0.4 is 5.32 Å². The number of aromatic nitrogens is 2. The van der Waals surface area contributed by atoms with Crippen molar-refractivity contribution in [3.05, 3.63) is 65.1 Å². The summed E-state index contributed by atoms with van der Waals surface area (Å²) in [7, 11) is -3.62. The lowest BCUT2D eigenvalue weighted by Gasteiger charge is -2.32. The Hall–Kier alpha value is -2.56. The largest absolute Gasteiger partial charge is 0.359 e. The van der Waals surface area contributed by atoms with Crippen LogP contribution in [-0.4, -0.2) is 35.3 Å². The third-order valence-corrected chi connectivity index (χ3v) is 8.06. The summed E-state index contributed by atoms with van der Waals surface area (Å²) >= 11 is 1.19. The van der Waals surface area contributed by atoms with Gasteiger partial charge in [-0.2, -0.15) is 4.31 Å². The highest BCUT2D eigenvalue weighted by molar-refractivity contribution is 7.91. The van der Waals surface area contributed by atoms with Crippen molar-refractivity contribution in [2.45, 2.75) is 36.1 Å². The van der Waals surface area contributed by atoms with Crippen molar-refractivity contribution in [2.75, 3.05) is 6.54 Å². The zero-order valence-electron chi connectivity index (χ0n) is 15.5. The lowest BCUT2D eigenvalue weighted by Crippen LogP contribution is -2.38. The van der Waals surface area contributed by atoms with Crippen LogP contribution >= 0.6 is 11.3 Å². The van der Waals surface area contributed by atoms with Crippen LogP contribution in [-0.2, 0) is 16.6 Å². The number of piperidine rings is 1. The monoisotopic (exact) mass is 432 g/mol. The highest BCUT2D eigenvalue weighted by Crippen LogP contribution is 2.36. The molecule has 4 heterocycles. The Morgan fingerprint density at radius 3 is 2.97 bits per heavy atom. The summed E-state index contributed by atoms with van der Waals surface area (Å²) in [6.45, 7) is 0.727. The summed E-state index contributed by atoms with van der Waals surface area (Å²) in [4.78, 5) is 16.4. The topological polar surface area (TPSA) is 105 Å². The quantitative estimate of drug-likeness (QED) is 0.642. The number of hydrogen-bond acceptors (Lipinski definition) is 7. The van der Waals surface area contributed by atoms with Crippen molar-refractivity contribution >= 4 is 27.3 Å². The van der Waals surface area contributed by atoms with Crippen molar-refractivity contribution in [2.24, 2.45) is 0 Å². The fourth-order valence-corrected chi connectivity index (χ4v) is 6.12. The van der Waals surface area contributed by atoms with Gasteiger partial charge >= 0.3 is 0 Å². The number of rotatable bonds is 6. The molecule has 8 nitrogen and oxygen atoms in total. The molecular formula is C19H20N4O4S2. The number of hydrogen-bond donors (Lipinski definition) is 1. The molecule has 10 heteroatoms. The normalized spacial score (nSPS) is 17.9. The second-order valence-electron chi connectivity index (χ2n) is 6.72. The molecule has 29 heavy (non-hydrogen) atoms. The van der Waals surface area contributed by atoms with Gasteiger partial charge in [-0.15, -0.1) is 11.3 Å². The van der Waals surface area contributed by atoms with E-state index in [0.29, 0.717) is 29.5 Å². The molecule has 1 unspecified atom stereocenters. The fraction of sp³-hybridized carbons (Fsp3) is 0.316. The maximum absolute atomic E-state index is 13.0. The van der Waals surface area contributed by atoms with Gasteiger partial charge in [0, 0.05) is 31.5 Å². The minimum atomic E-state index is -3.62. The van der Waals surface area contributed by atoms with Crippen molar-refractivity contribution in [1.29, 1.82) is 0 Å². The number of thiophene rings is 1. The first-order valence-electron chi connectivity index (χ1n) is 9.25. The van der Waals surface area contributed by atoms with Crippen LogP contribution in [0.4, 0.5) is 0 Å². The van der Waals surface area contributed by atoms with E-state index in [1.807, 2.05) is 6.07 Å². The van der Waals surface area contributed by atoms with Gasteiger partial charge in [-0.1, -0.05) is 23.7 Å². The van der Waals surface area contributed by atoms with Crippen LogP contribution in [0.15, 0.2) is 56.8 Å². The van der Waals surface area contributed by atoms with Gasteiger partial charge in [0.1, 0.15) is 4.21 Å². The van der Waals surface area contributed by atoms with Gasteiger partial charge in [0.2, 0.25) is 0 Å². The highest BCUT2D eigenvalue weighted by Gasteiger charge is 2.37. The van der Waals surface area contributed by atoms with Crippen molar-refractivity contribution in [3.8, 4) is 0 Å². The third kappa shape index (κ3) is 4.24. The van der Waals surface area contributed by atoms with Gasteiger partial charge in [-0.05, 0) is 35.9 Å². The van der Waals surface area contributed by atoms with Crippen molar-refractivity contribution < 1.29 is 17.7 Å². The van der Waals surface area contributed by atoms with Gasteiger partial charge < -0.3 is 9.84 Å². The van der Waals surface area contributed by atoms with Crippen LogP contribution in [0, 0.1) is 0 Å². The van der Waals surface area contributed by atoms with Gasteiger partial charge in [-0.25, -0.2) is 8.42 Å². The average Bonchev–Trinajstić information content (AvgIpc) is 3.45. The molecule has 3 aromatic heterocycles. The molecule has 0 saturated carbocycles. The number of carbonyl (C=O) groups is 1. The van der Waals surface area contributed by atoms with E-state index in [2.05, 4.69) is 15.5 Å². The molecule has 3 aromatic rings. The van der Waals surface area contributed by atoms with Crippen LogP contribution in [0.5, 0.6) is 0 Å².